The van der Waals surface area contributed by atoms with Crippen LogP contribution in [0.5, 0.6) is 5.88 Å². The van der Waals surface area contributed by atoms with Gasteiger partial charge >= 0.3 is 0 Å². The number of halogens is 2. The molecule has 0 saturated heterocycles. The van der Waals surface area contributed by atoms with Gasteiger partial charge in [-0.3, -0.25) is 0 Å². The number of hydrogen-bond donors (Lipinski definition) is 1. The van der Waals surface area contributed by atoms with E-state index in [1.807, 2.05) is 6.07 Å². The molecule has 18 heavy (non-hydrogen) atoms. The molecule has 1 aromatic carbocycles. The van der Waals surface area contributed by atoms with Crippen LogP contribution in [0.2, 0.25) is 5.02 Å². The first kappa shape index (κ1) is 12.6. The molecule has 0 atom stereocenters. The minimum Gasteiger partial charge on any atom is -0.481 e. The van der Waals surface area contributed by atoms with Crippen molar-refractivity contribution in [3.8, 4) is 5.88 Å². The highest BCUT2D eigenvalue weighted by Crippen LogP contribution is 2.17. The lowest BCUT2D eigenvalue weighted by molar-refractivity contribution is 0.398. The second-order valence-corrected chi connectivity index (χ2v) is 4.10. The summed E-state index contributed by atoms with van der Waals surface area (Å²) in [6.07, 6.45) is 1.66. The van der Waals surface area contributed by atoms with Gasteiger partial charge < -0.3 is 10.1 Å². The third-order valence-corrected chi connectivity index (χ3v) is 2.73. The summed E-state index contributed by atoms with van der Waals surface area (Å²) >= 11 is 5.61. The maximum atomic E-state index is 13.2. The van der Waals surface area contributed by atoms with Gasteiger partial charge in [-0.1, -0.05) is 17.7 Å². The number of benzene rings is 1. The van der Waals surface area contributed by atoms with E-state index in [4.69, 9.17) is 16.3 Å². The van der Waals surface area contributed by atoms with Crippen molar-refractivity contribution in [3.05, 3.63) is 52.9 Å². The van der Waals surface area contributed by atoms with E-state index in [1.165, 1.54) is 6.07 Å². The Hall–Kier alpha value is -1.81. The molecular formula is C13H12ClFN2O. The van der Waals surface area contributed by atoms with E-state index < -0.39 is 5.82 Å². The van der Waals surface area contributed by atoms with E-state index in [1.54, 1.807) is 31.5 Å². The van der Waals surface area contributed by atoms with E-state index in [2.05, 4.69) is 10.3 Å². The van der Waals surface area contributed by atoms with Gasteiger partial charge in [-0.2, -0.15) is 0 Å². The topological polar surface area (TPSA) is 34.1 Å². The third kappa shape index (κ3) is 3.11. The van der Waals surface area contributed by atoms with Crippen molar-refractivity contribution in [2.24, 2.45) is 0 Å². The van der Waals surface area contributed by atoms with Crippen LogP contribution in [-0.4, -0.2) is 12.1 Å². The molecule has 1 aromatic heterocycles. The van der Waals surface area contributed by atoms with Gasteiger partial charge in [0.25, 0.3) is 0 Å². The van der Waals surface area contributed by atoms with Gasteiger partial charge in [0.1, 0.15) is 5.82 Å². The van der Waals surface area contributed by atoms with Crippen molar-refractivity contribution in [1.82, 2.24) is 4.98 Å². The predicted molar refractivity (Wildman–Crippen MR) is 69.5 cm³/mol. The highest BCUT2D eigenvalue weighted by atomic mass is 35.5. The third-order valence-electron chi connectivity index (χ3n) is 2.43. The summed E-state index contributed by atoms with van der Waals surface area (Å²) in [7, 11) is 1.56. The molecular weight excluding hydrogens is 255 g/mol. The Bertz CT molecular complexity index is 531. The van der Waals surface area contributed by atoms with Crippen LogP contribution >= 0.6 is 11.6 Å². The largest absolute Gasteiger partial charge is 0.481 e. The Balaban J connectivity index is 1.99. The van der Waals surface area contributed by atoms with Crippen molar-refractivity contribution in [1.29, 1.82) is 0 Å². The zero-order valence-electron chi connectivity index (χ0n) is 9.78. The molecule has 5 heteroatoms. The molecule has 0 amide bonds. The second-order valence-electron chi connectivity index (χ2n) is 3.69. The smallest absolute Gasteiger partial charge is 0.213 e. The maximum Gasteiger partial charge on any atom is 0.213 e. The second kappa shape index (κ2) is 5.69. The van der Waals surface area contributed by atoms with Gasteiger partial charge in [0.2, 0.25) is 5.88 Å². The number of anilines is 1. The SMILES string of the molecule is COc1ccc(NCc2ccc(Cl)c(F)c2)cn1. The highest BCUT2D eigenvalue weighted by Gasteiger charge is 2.01. The number of hydrogen-bond acceptors (Lipinski definition) is 3. The van der Waals surface area contributed by atoms with Crippen LogP contribution in [0.4, 0.5) is 10.1 Å². The fourth-order valence-electron chi connectivity index (χ4n) is 1.46. The first-order chi connectivity index (χ1) is 8.69. The Kier molecular flexibility index (Phi) is 3.99. The molecule has 0 aliphatic rings. The average molecular weight is 267 g/mol. The van der Waals surface area contributed by atoms with Crippen molar-refractivity contribution in [2.45, 2.75) is 6.54 Å². The lowest BCUT2D eigenvalue weighted by Gasteiger charge is -2.07. The minimum atomic E-state index is -0.413. The molecule has 1 heterocycles. The van der Waals surface area contributed by atoms with Crippen molar-refractivity contribution in [2.75, 3.05) is 12.4 Å². The number of aromatic nitrogens is 1. The van der Waals surface area contributed by atoms with E-state index in [0.717, 1.165) is 11.3 Å². The summed E-state index contributed by atoms with van der Waals surface area (Å²) in [6, 6.07) is 8.32. The van der Waals surface area contributed by atoms with Crippen molar-refractivity contribution in [3.63, 3.8) is 0 Å². The summed E-state index contributed by atoms with van der Waals surface area (Å²) < 4.78 is 18.2. The Morgan fingerprint density at radius 2 is 2.17 bits per heavy atom. The van der Waals surface area contributed by atoms with E-state index in [9.17, 15) is 4.39 Å². The Morgan fingerprint density at radius 3 is 2.78 bits per heavy atom. The first-order valence-electron chi connectivity index (χ1n) is 5.37. The molecule has 2 rings (SSSR count). The summed E-state index contributed by atoms with van der Waals surface area (Å²) in [6.45, 7) is 0.502. The Labute approximate surface area is 110 Å². The van der Waals surface area contributed by atoms with E-state index in [0.29, 0.717) is 12.4 Å². The minimum absolute atomic E-state index is 0.130. The molecule has 0 saturated carbocycles. The van der Waals surface area contributed by atoms with E-state index >= 15 is 0 Å². The normalized spacial score (nSPS) is 10.2. The first-order valence-corrected chi connectivity index (χ1v) is 5.74. The van der Waals surface area contributed by atoms with Gasteiger partial charge in [-0.25, -0.2) is 9.37 Å². The molecule has 0 bridgehead atoms. The molecule has 0 spiro atoms. The predicted octanol–water partition coefficient (Wildman–Crippen LogP) is 3.49. The zero-order valence-corrected chi connectivity index (χ0v) is 10.5. The molecule has 2 aromatic rings. The molecule has 0 radical (unpaired) electrons. The fourth-order valence-corrected chi connectivity index (χ4v) is 1.58. The van der Waals surface area contributed by atoms with Gasteiger partial charge in [-0.15, -0.1) is 0 Å². The van der Waals surface area contributed by atoms with Crippen LogP contribution in [0.3, 0.4) is 0 Å². The van der Waals surface area contributed by atoms with Crippen LogP contribution in [-0.2, 0) is 6.54 Å². The number of nitrogens with zero attached hydrogens (tertiary/aromatic N) is 1. The standard InChI is InChI=1S/C13H12ClFN2O/c1-18-13-5-3-10(8-17-13)16-7-9-2-4-11(14)12(15)6-9/h2-6,8,16H,7H2,1H3. The van der Waals surface area contributed by atoms with Crippen molar-refractivity contribution < 1.29 is 9.13 Å². The van der Waals surface area contributed by atoms with Crippen molar-refractivity contribution >= 4 is 17.3 Å². The molecule has 0 aliphatic heterocycles. The molecule has 1 N–H and O–H groups in total. The van der Waals surface area contributed by atoms with E-state index in [-0.39, 0.29) is 5.02 Å². The molecule has 3 nitrogen and oxygen atoms in total. The number of nitrogens with one attached hydrogen (secondary N) is 1. The van der Waals surface area contributed by atoms with Gasteiger partial charge in [-0.05, 0) is 23.8 Å². The van der Waals surface area contributed by atoms with Crippen LogP contribution < -0.4 is 10.1 Å². The van der Waals surface area contributed by atoms with Gasteiger partial charge in [0, 0.05) is 12.6 Å². The fraction of sp³-hybridized carbons (Fsp3) is 0.154. The molecule has 94 valence electrons. The number of ether oxygens (including phenoxy) is 1. The average Bonchev–Trinajstić information content (AvgIpc) is 2.41. The summed E-state index contributed by atoms with van der Waals surface area (Å²) in [4.78, 5) is 4.06. The number of methoxy groups -OCH3 is 1. The van der Waals surface area contributed by atoms with Crippen LogP contribution in [0.25, 0.3) is 0 Å². The molecule has 0 fully saturated rings. The highest BCUT2D eigenvalue weighted by molar-refractivity contribution is 6.30. The zero-order chi connectivity index (χ0) is 13.0. The van der Waals surface area contributed by atoms with Crippen LogP contribution in [0.1, 0.15) is 5.56 Å². The van der Waals surface area contributed by atoms with Gasteiger partial charge in [0.15, 0.2) is 0 Å². The lowest BCUT2D eigenvalue weighted by atomic mass is 10.2. The Morgan fingerprint density at radius 1 is 1.33 bits per heavy atom. The molecule has 0 unspecified atom stereocenters. The van der Waals surface area contributed by atoms with Crippen LogP contribution in [0, 0.1) is 5.82 Å². The maximum absolute atomic E-state index is 13.2. The summed E-state index contributed by atoms with van der Waals surface area (Å²) in [5, 5.41) is 3.26. The monoisotopic (exact) mass is 266 g/mol. The number of pyridine rings is 1. The molecule has 0 aliphatic carbocycles. The number of rotatable bonds is 4. The van der Waals surface area contributed by atoms with Crippen LogP contribution in [0.15, 0.2) is 36.5 Å². The summed E-state index contributed by atoms with van der Waals surface area (Å²) in [5.74, 6) is 0.141. The van der Waals surface area contributed by atoms with Gasteiger partial charge in [0.05, 0.1) is 24.0 Å². The lowest BCUT2D eigenvalue weighted by Crippen LogP contribution is -2.00. The summed E-state index contributed by atoms with van der Waals surface area (Å²) in [5.41, 5.74) is 1.65. The quantitative estimate of drug-likeness (QED) is 0.920.